The van der Waals surface area contributed by atoms with Crippen molar-refractivity contribution in [3.8, 4) is 0 Å². The molecular weight excluding hydrogens is 220 g/mol. The third-order valence-corrected chi connectivity index (χ3v) is 3.58. The number of hydrogen-bond donors (Lipinski definition) is 1. The van der Waals surface area contributed by atoms with Crippen LogP contribution in [0.1, 0.15) is 18.7 Å². The van der Waals surface area contributed by atoms with Gasteiger partial charge in [-0.15, -0.1) is 0 Å². The highest BCUT2D eigenvalue weighted by atomic mass is 32.2. The van der Waals surface area contributed by atoms with Crippen molar-refractivity contribution in [2.75, 3.05) is 25.6 Å². The Morgan fingerprint density at radius 2 is 2.31 bits per heavy atom. The van der Waals surface area contributed by atoms with Crippen molar-refractivity contribution in [1.82, 2.24) is 14.9 Å². The molecule has 1 aromatic heterocycles. The van der Waals surface area contributed by atoms with Crippen LogP contribution in [0.4, 0.5) is 0 Å². The molecule has 1 rings (SSSR count). The minimum absolute atomic E-state index is 0.171. The van der Waals surface area contributed by atoms with Crippen molar-refractivity contribution >= 4 is 11.8 Å². The summed E-state index contributed by atoms with van der Waals surface area (Å²) in [5, 5.41) is 0. The second-order valence-electron chi connectivity index (χ2n) is 3.86. The van der Waals surface area contributed by atoms with Crippen LogP contribution < -0.4 is 5.73 Å². The van der Waals surface area contributed by atoms with Crippen molar-refractivity contribution in [2.24, 2.45) is 5.73 Å². The van der Waals surface area contributed by atoms with Crippen LogP contribution in [0.5, 0.6) is 0 Å². The number of nitrogens with two attached hydrogens (primary N) is 1. The van der Waals surface area contributed by atoms with Gasteiger partial charge in [-0.05, 0) is 26.3 Å². The van der Waals surface area contributed by atoms with Crippen LogP contribution in [0.15, 0.2) is 18.6 Å². The second kappa shape index (κ2) is 6.83. The standard InChI is InChI=1S/C11H20N4S/c1-9(7-16-3)15(2)11(6-12)10-4-5-13-8-14-10/h4-5,8-9,11H,6-7,12H2,1-3H3. The van der Waals surface area contributed by atoms with E-state index in [1.165, 1.54) is 0 Å². The molecule has 5 heteroatoms. The Morgan fingerprint density at radius 1 is 1.56 bits per heavy atom. The first-order valence-electron chi connectivity index (χ1n) is 5.37. The zero-order chi connectivity index (χ0) is 12.0. The molecule has 2 N–H and O–H groups in total. The summed E-state index contributed by atoms with van der Waals surface area (Å²) in [4.78, 5) is 10.5. The monoisotopic (exact) mass is 240 g/mol. The van der Waals surface area contributed by atoms with Gasteiger partial charge in [-0.3, -0.25) is 4.90 Å². The van der Waals surface area contributed by atoms with Gasteiger partial charge in [-0.25, -0.2) is 9.97 Å². The lowest BCUT2D eigenvalue weighted by Gasteiger charge is -2.31. The number of likely N-dealkylation sites (N-methyl/N-ethyl adjacent to an activating group) is 1. The first kappa shape index (κ1) is 13.4. The molecule has 0 aliphatic heterocycles. The lowest BCUT2D eigenvalue weighted by molar-refractivity contribution is 0.200. The number of hydrogen-bond acceptors (Lipinski definition) is 5. The largest absolute Gasteiger partial charge is 0.329 e. The molecule has 90 valence electrons. The maximum absolute atomic E-state index is 5.83. The van der Waals surface area contributed by atoms with E-state index in [4.69, 9.17) is 5.73 Å². The lowest BCUT2D eigenvalue weighted by Crippen LogP contribution is -2.38. The molecule has 0 amide bonds. The van der Waals surface area contributed by atoms with Crippen molar-refractivity contribution in [1.29, 1.82) is 0 Å². The van der Waals surface area contributed by atoms with Crippen LogP contribution in [0.2, 0.25) is 0 Å². The SMILES string of the molecule is CSCC(C)N(C)C(CN)c1ccncn1. The quantitative estimate of drug-likeness (QED) is 0.808. The molecule has 0 aliphatic carbocycles. The molecule has 0 saturated carbocycles. The third-order valence-electron chi connectivity index (χ3n) is 2.76. The molecule has 0 aliphatic rings. The van der Waals surface area contributed by atoms with Gasteiger partial charge in [-0.2, -0.15) is 11.8 Å². The topological polar surface area (TPSA) is 55.0 Å². The van der Waals surface area contributed by atoms with E-state index >= 15 is 0 Å². The van der Waals surface area contributed by atoms with E-state index in [1.807, 2.05) is 17.8 Å². The molecule has 4 nitrogen and oxygen atoms in total. The molecule has 0 bridgehead atoms. The summed E-state index contributed by atoms with van der Waals surface area (Å²) in [6.07, 6.45) is 5.45. The smallest absolute Gasteiger partial charge is 0.115 e. The number of thioether (sulfide) groups is 1. The van der Waals surface area contributed by atoms with Crippen LogP contribution >= 0.6 is 11.8 Å². The predicted molar refractivity (Wildman–Crippen MR) is 69.4 cm³/mol. The molecule has 0 saturated heterocycles. The molecule has 0 aromatic carbocycles. The van der Waals surface area contributed by atoms with Gasteiger partial charge in [0.15, 0.2) is 0 Å². The minimum Gasteiger partial charge on any atom is -0.329 e. The minimum atomic E-state index is 0.171. The number of aromatic nitrogens is 2. The van der Waals surface area contributed by atoms with Gasteiger partial charge < -0.3 is 5.73 Å². The van der Waals surface area contributed by atoms with Gasteiger partial charge in [0.2, 0.25) is 0 Å². The van der Waals surface area contributed by atoms with E-state index in [-0.39, 0.29) is 6.04 Å². The summed E-state index contributed by atoms with van der Waals surface area (Å²) >= 11 is 1.85. The van der Waals surface area contributed by atoms with E-state index < -0.39 is 0 Å². The summed E-state index contributed by atoms with van der Waals surface area (Å²) < 4.78 is 0. The van der Waals surface area contributed by atoms with Gasteiger partial charge in [0.05, 0.1) is 11.7 Å². The third kappa shape index (κ3) is 3.43. The average Bonchev–Trinajstić information content (AvgIpc) is 2.31. The first-order valence-corrected chi connectivity index (χ1v) is 6.77. The molecule has 0 spiro atoms. The Morgan fingerprint density at radius 3 is 2.81 bits per heavy atom. The zero-order valence-corrected chi connectivity index (χ0v) is 10.9. The maximum atomic E-state index is 5.83. The Labute approximate surface area is 102 Å². The van der Waals surface area contributed by atoms with Crippen LogP contribution in [0.3, 0.4) is 0 Å². The summed E-state index contributed by atoms with van der Waals surface area (Å²) in [7, 11) is 2.10. The van der Waals surface area contributed by atoms with E-state index in [9.17, 15) is 0 Å². The first-order chi connectivity index (χ1) is 7.70. The van der Waals surface area contributed by atoms with Gasteiger partial charge in [0.1, 0.15) is 6.33 Å². The summed E-state index contributed by atoms with van der Waals surface area (Å²) in [5.41, 5.74) is 6.82. The van der Waals surface area contributed by atoms with E-state index in [1.54, 1.807) is 12.5 Å². The number of rotatable bonds is 6. The summed E-state index contributed by atoms with van der Waals surface area (Å²) in [6.45, 7) is 2.78. The van der Waals surface area contributed by atoms with E-state index in [0.29, 0.717) is 12.6 Å². The van der Waals surface area contributed by atoms with Gasteiger partial charge >= 0.3 is 0 Å². The Balaban J connectivity index is 2.74. The molecule has 2 atom stereocenters. The maximum Gasteiger partial charge on any atom is 0.115 e. The highest BCUT2D eigenvalue weighted by Gasteiger charge is 2.20. The highest BCUT2D eigenvalue weighted by molar-refractivity contribution is 7.98. The fourth-order valence-corrected chi connectivity index (χ4v) is 2.38. The molecule has 1 aromatic rings. The molecule has 1 heterocycles. The summed E-state index contributed by atoms with van der Waals surface area (Å²) in [5.74, 6) is 1.10. The summed E-state index contributed by atoms with van der Waals surface area (Å²) in [6, 6.07) is 2.59. The lowest BCUT2D eigenvalue weighted by atomic mass is 10.1. The molecule has 2 unspecified atom stereocenters. The van der Waals surface area contributed by atoms with E-state index in [2.05, 4.69) is 35.1 Å². The molecular formula is C11H20N4S. The molecule has 0 fully saturated rings. The fraction of sp³-hybridized carbons (Fsp3) is 0.636. The van der Waals surface area contributed by atoms with Crippen molar-refractivity contribution in [2.45, 2.75) is 19.0 Å². The Kier molecular flexibility index (Phi) is 5.73. The van der Waals surface area contributed by atoms with Gasteiger partial charge in [-0.1, -0.05) is 0 Å². The Hall–Kier alpha value is -0.650. The van der Waals surface area contributed by atoms with Crippen LogP contribution in [0.25, 0.3) is 0 Å². The van der Waals surface area contributed by atoms with Crippen LogP contribution in [-0.4, -0.2) is 46.5 Å². The predicted octanol–water partition coefficient (Wildman–Crippen LogP) is 1.16. The van der Waals surface area contributed by atoms with Crippen molar-refractivity contribution in [3.05, 3.63) is 24.3 Å². The molecule has 16 heavy (non-hydrogen) atoms. The van der Waals surface area contributed by atoms with Gasteiger partial charge in [0.25, 0.3) is 0 Å². The Bertz CT molecular complexity index is 293. The van der Waals surface area contributed by atoms with Crippen molar-refractivity contribution < 1.29 is 0 Å². The number of nitrogens with zero attached hydrogens (tertiary/aromatic N) is 3. The van der Waals surface area contributed by atoms with Crippen molar-refractivity contribution in [3.63, 3.8) is 0 Å². The average molecular weight is 240 g/mol. The fourth-order valence-electron chi connectivity index (χ4n) is 1.66. The van der Waals surface area contributed by atoms with Crippen LogP contribution in [-0.2, 0) is 0 Å². The normalized spacial score (nSPS) is 15.1. The van der Waals surface area contributed by atoms with Crippen LogP contribution in [0, 0.1) is 0 Å². The van der Waals surface area contributed by atoms with E-state index in [0.717, 1.165) is 11.4 Å². The highest BCUT2D eigenvalue weighted by Crippen LogP contribution is 2.19. The zero-order valence-electron chi connectivity index (χ0n) is 10.1. The molecule has 0 radical (unpaired) electrons. The second-order valence-corrected chi connectivity index (χ2v) is 4.77. The van der Waals surface area contributed by atoms with Gasteiger partial charge in [0, 0.05) is 24.5 Å².